The third-order valence-corrected chi connectivity index (χ3v) is 8.40. The van der Waals surface area contributed by atoms with Crippen LogP contribution in [0.25, 0.3) is 0 Å². The van der Waals surface area contributed by atoms with Gasteiger partial charge < -0.3 is 9.80 Å². The highest BCUT2D eigenvalue weighted by atomic mass is 32.2. The number of hydrogen-bond acceptors (Lipinski definition) is 9. The number of likely N-dealkylation sites (N-methyl/N-ethyl adjacent to an activating group) is 1. The number of carbonyl (C=O) groups is 1. The summed E-state index contributed by atoms with van der Waals surface area (Å²) in [7, 11) is -9.59. The van der Waals surface area contributed by atoms with Crippen LogP contribution in [0.3, 0.4) is 0 Å². The first-order valence-corrected chi connectivity index (χ1v) is 17.4. The molecule has 0 bridgehead atoms. The van der Waals surface area contributed by atoms with Gasteiger partial charge in [0.1, 0.15) is 0 Å². The first-order chi connectivity index (χ1) is 17.5. The summed E-state index contributed by atoms with van der Waals surface area (Å²) in [5.41, 5.74) is 1.15. The molecule has 1 saturated heterocycles. The standard InChI is InChI=1S/C24H33N3O8S3/c1-26(24(28)23(35-38(4,33)34)18-10-12-21(13-11-18)36(2,29)30)22(17-27-14-5-6-15-27)19-8-7-9-20(16-19)25-37(3,31)32/h7-13,16,22-23,25H,5-6,14-15,17H2,1-4H3. The zero-order valence-corrected chi connectivity index (χ0v) is 24.1. The fourth-order valence-electron chi connectivity index (χ4n) is 4.33. The van der Waals surface area contributed by atoms with Crippen LogP contribution in [0.1, 0.15) is 36.1 Å². The number of likely N-dealkylation sites (tertiary alicyclic amines) is 1. The van der Waals surface area contributed by atoms with Crippen LogP contribution in [0.4, 0.5) is 5.69 Å². The van der Waals surface area contributed by atoms with Crippen LogP contribution < -0.4 is 4.72 Å². The number of carbonyl (C=O) groups excluding carboxylic acids is 1. The van der Waals surface area contributed by atoms with E-state index in [1.165, 1.54) is 36.2 Å². The van der Waals surface area contributed by atoms with Crippen molar-refractivity contribution in [3.8, 4) is 0 Å². The highest BCUT2D eigenvalue weighted by Gasteiger charge is 2.34. The Bertz CT molecular complexity index is 1470. The van der Waals surface area contributed by atoms with Crippen molar-refractivity contribution in [2.75, 3.05) is 50.2 Å². The summed E-state index contributed by atoms with van der Waals surface area (Å²) in [6, 6.07) is 11.4. The molecule has 2 aromatic rings. The van der Waals surface area contributed by atoms with E-state index in [0.717, 1.165) is 44.7 Å². The molecule has 2 atom stereocenters. The van der Waals surface area contributed by atoms with Crippen molar-refractivity contribution in [2.24, 2.45) is 0 Å². The molecule has 0 saturated carbocycles. The molecule has 1 fully saturated rings. The van der Waals surface area contributed by atoms with Gasteiger partial charge in [0.25, 0.3) is 16.0 Å². The average molecular weight is 588 g/mol. The van der Waals surface area contributed by atoms with Crippen LogP contribution in [0.15, 0.2) is 53.4 Å². The van der Waals surface area contributed by atoms with Gasteiger partial charge in [-0.25, -0.2) is 16.8 Å². The van der Waals surface area contributed by atoms with Crippen molar-refractivity contribution >= 4 is 41.6 Å². The number of benzene rings is 2. The Labute approximate surface area is 224 Å². The quantitative estimate of drug-likeness (QED) is 0.389. The molecule has 1 aliphatic heterocycles. The number of sulfonamides is 1. The topological polar surface area (TPSA) is 147 Å². The van der Waals surface area contributed by atoms with E-state index in [-0.39, 0.29) is 10.5 Å². The summed E-state index contributed by atoms with van der Waals surface area (Å²) in [6.07, 6.45) is 3.38. The molecule has 0 aliphatic carbocycles. The van der Waals surface area contributed by atoms with Crippen LogP contribution in [-0.4, -0.2) is 86.4 Å². The summed E-state index contributed by atoms with van der Waals surface area (Å²) >= 11 is 0. The molecule has 1 N–H and O–H groups in total. The molecule has 2 unspecified atom stereocenters. The van der Waals surface area contributed by atoms with Gasteiger partial charge >= 0.3 is 0 Å². The van der Waals surface area contributed by atoms with Gasteiger partial charge in [0.15, 0.2) is 15.9 Å². The van der Waals surface area contributed by atoms with Crippen molar-refractivity contribution in [2.45, 2.75) is 29.9 Å². The smallest absolute Gasteiger partial charge is 0.265 e. The minimum atomic E-state index is -4.08. The van der Waals surface area contributed by atoms with Crippen molar-refractivity contribution in [1.29, 1.82) is 0 Å². The number of anilines is 1. The number of rotatable bonds is 11. The Morgan fingerprint density at radius 3 is 2.08 bits per heavy atom. The maximum Gasteiger partial charge on any atom is 0.265 e. The van der Waals surface area contributed by atoms with Crippen molar-refractivity contribution in [3.63, 3.8) is 0 Å². The maximum absolute atomic E-state index is 13.8. The lowest BCUT2D eigenvalue weighted by atomic mass is 10.0. The van der Waals surface area contributed by atoms with Gasteiger partial charge in [-0.3, -0.25) is 13.7 Å². The second-order valence-electron chi connectivity index (χ2n) is 9.49. The molecular formula is C24H33N3O8S3. The van der Waals surface area contributed by atoms with Gasteiger partial charge in [-0.05, 0) is 61.3 Å². The van der Waals surface area contributed by atoms with Crippen molar-refractivity contribution in [1.82, 2.24) is 9.80 Å². The Morgan fingerprint density at radius 1 is 0.947 bits per heavy atom. The molecule has 1 aliphatic rings. The Balaban J connectivity index is 2.01. The third-order valence-electron chi connectivity index (χ3n) is 6.13. The molecule has 2 aromatic carbocycles. The first-order valence-electron chi connectivity index (χ1n) is 11.8. The van der Waals surface area contributed by atoms with E-state index >= 15 is 0 Å². The lowest BCUT2D eigenvalue weighted by molar-refractivity contribution is -0.140. The number of sulfone groups is 1. The van der Waals surface area contributed by atoms with E-state index in [1.807, 2.05) is 0 Å². The van der Waals surface area contributed by atoms with Gasteiger partial charge in [0.2, 0.25) is 10.0 Å². The summed E-state index contributed by atoms with van der Waals surface area (Å²) in [5.74, 6) is -0.659. The lowest BCUT2D eigenvalue weighted by Gasteiger charge is -2.34. The predicted molar refractivity (Wildman–Crippen MR) is 144 cm³/mol. The van der Waals surface area contributed by atoms with Gasteiger partial charge in [0.05, 0.1) is 23.4 Å². The molecule has 210 valence electrons. The Kier molecular flexibility index (Phi) is 9.24. The maximum atomic E-state index is 13.8. The SMILES string of the molecule is CN(C(=O)C(OS(C)(=O)=O)c1ccc(S(C)(=O)=O)cc1)C(CN1CCCC1)c1cccc(NS(C)(=O)=O)c1. The molecule has 38 heavy (non-hydrogen) atoms. The minimum Gasteiger partial charge on any atom is -0.335 e. The summed E-state index contributed by atoms with van der Waals surface area (Å²) in [5, 5.41) is 0. The molecule has 11 nitrogen and oxygen atoms in total. The molecular weight excluding hydrogens is 554 g/mol. The van der Waals surface area contributed by atoms with Crippen molar-refractivity contribution in [3.05, 3.63) is 59.7 Å². The van der Waals surface area contributed by atoms with E-state index < -0.39 is 48.0 Å². The van der Waals surface area contributed by atoms with E-state index in [1.54, 1.807) is 24.3 Å². The molecule has 0 radical (unpaired) electrons. The number of amides is 1. The fourth-order valence-corrected chi connectivity index (χ4v) is 6.06. The largest absolute Gasteiger partial charge is 0.335 e. The van der Waals surface area contributed by atoms with Crippen LogP contribution in [0.5, 0.6) is 0 Å². The van der Waals surface area contributed by atoms with Gasteiger partial charge in [0, 0.05) is 25.5 Å². The number of hydrogen-bond donors (Lipinski definition) is 1. The Hall–Kier alpha value is -2.52. The Morgan fingerprint density at radius 2 is 1.55 bits per heavy atom. The third kappa shape index (κ3) is 8.50. The zero-order valence-electron chi connectivity index (χ0n) is 21.7. The average Bonchev–Trinajstić information content (AvgIpc) is 3.31. The van der Waals surface area contributed by atoms with Gasteiger partial charge in [-0.15, -0.1) is 0 Å². The zero-order chi connectivity index (χ0) is 28.3. The molecule has 3 rings (SSSR count). The van der Waals surface area contributed by atoms with E-state index in [0.29, 0.717) is 17.8 Å². The monoisotopic (exact) mass is 587 g/mol. The van der Waals surface area contributed by atoms with Crippen molar-refractivity contribution < 1.29 is 34.2 Å². The molecule has 1 heterocycles. The normalized spacial score (nSPS) is 16.6. The van der Waals surface area contributed by atoms with Gasteiger partial charge in [-0.1, -0.05) is 24.3 Å². The van der Waals surface area contributed by atoms with Crippen LogP contribution in [0.2, 0.25) is 0 Å². The molecule has 0 aromatic heterocycles. The predicted octanol–water partition coefficient (Wildman–Crippen LogP) is 1.77. The van der Waals surface area contributed by atoms with Gasteiger partial charge in [-0.2, -0.15) is 8.42 Å². The highest BCUT2D eigenvalue weighted by molar-refractivity contribution is 7.92. The van der Waals surface area contributed by atoms with Crippen LogP contribution in [0, 0.1) is 0 Å². The van der Waals surface area contributed by atoms with Crippen LogP contribution in [-0.2, 0) is 39.0 Å². The highest BCUT2D eigenvalue weighted by Crippen LogP contribution is 2.30. The summed E-state index contributed by atoms with van der Waals surface area (Å²) < 4.78 is 79.1. The number of nitrogens with zero attached hydrogens (tertiary/aromatic N) is 2. The molecule has 1 amide bonds. The molecule has 14 heteroatoms. The minimum absolute atomic E-state index is 0.0160. The van der Waals surface area contributed by atoms with E-state index in [9.17, 15) is 30.0 Å². The van der Waals surface area contributed by atoms with E-state index in [2.05, 4.69) is 9.62 Å². The molecule has 0 spiro atoms. The summed E-state index contributed by atoms with van der Waals surface area (Å²) in [6.45, 7) is 2.09. The first kappa shape index (κ1) is 30.0. The fraction of sp³-hybridized carbons (Fsp3) is 0.458. The lowest BCUT2D eigenvalue weighted by Crippen LogP contribution is -2.41. The number of nitrogens with one attached hydrogen (secondary N) is 1. The summed E-state index contributed by atoms with van der Waals surface area (Å²) in [4.78, 5) is 17.4. The second kappa shape index (κ2) is 11.7. The second-order valence-corrected chi connectivity index (χ2v) is 14.9. The van der Waals surface area contributed by atoms with Crippen LogP contribution >= 0.6 is 0 Å². The van der Waals surface area contributed by atoms with E-state index in [4.69, 9.17) is 4.18 Å².